The molecule has 2 aliphatic rings. The van der Waals surface area contributed by atoms with E-state index < -0.39 is 0 Å². The number of hydrogen-bond acceptors (Lipinski definition) is 2. The quantitative estimate of drug-likeness (QED) is 0.796. The Labute approximate surface area is 107 Å². The molecule has 0 amide bonds. The molecule has 17 heavy (non-hydrogen) atoms. The Hall–Kier alpha value is -0.0800. The van der Waals surface area contributed by atoms with Gasteiger partial charge in [-0.2, -0.15) is 0 Å². The van der Waals surface area contributed by atoms with Crippen molar-refractivity contribution in [3.8, 4) is 0 Å². The second kappa shape index (κ2) is 4.55. The zero-order valence-corrected chi connectivity index (χ0v) is 12.3. The van der Waals surface area contributed by atoms with E-state index in [1.165, 1.54) is 39.0 Å². The predicted molar refractivity (Wildman–Crippen MR) is 74.2 cm³/mol. The highest BCUT2D eigenvalue weighted by Gasteiger charge is 2.46. The van der Waals surface area contributed by atoms with E-state index in [4.69, 9.17) is 0 Å². The lowest BCUT2D eigenvalue weighted by atomic mass is 9.86. The molecule has 1 saturated heterocycles. The van der Waals surface area contributed by atoms with E-state index in [0.717, 1.165) is 5.92 Å². The van der Waals surface area contributed by atoms with E-state index in [-0.39, 0.29) is 0 Å². The van der Waals surface area contributed by atoms with Crippen molar-refractivity contribution in [1.82, 2.24) is 10.2 Å². The highest BCUT2D eigenvalue weighted by molar-refractivity contribution is 4.97. The third-order valence-electron chi connectivity index (χ3n) is 4.72. The summed E-state index contributed by atoms with van der Waals surface area (Å²) in [7, 11) is 0. The van der Waals surface area contributed by atoms with Gasteiger partial charge in [0.25, 0.3) is 0 Å². The van der Waals surface area contributed by atoms with Gasteiger partial charge in [-0.05, 0) is 42.7 Å². The average Bonchev–Trinajstić information content (AvgIpc) is 2.83. The number of rotatable bonds is 2. The number of nitrogens with zero attached hydrogens (tertiary/aromatic N) is 1. The fraction of sp³-hybridized carbons (Fsp3) is 1.00. The van der Waals surface area contributed by atoms with Gasteiger partial charge < -0.3 is 10.2 Å². The maximum absolute atomic E-state index is 3.72. The fourth-order valence-electron chi connectivity index (χ4n) is 2.94. The highest BCUT2D eigenvalue weighted by atomic mass is 15.2. The lowest BCUT2D eigenvalue weighted by Crippen LogP contribution is -2.46. The largest absolute Gasteiger partial charge is 0.312 e. The second-order valence-electron chi connectivity index (χ2n) is 7.88. The highest BCUT2D eigenvalue weighted by Crippen LogP contribution is 2.51. The molecule has 1 aliphatic heterocycles. The van der Waals surface area contributed by atoms with Crippen molar-refractivity contribution in [1.29, 1.82) is 0 Å². The van der Waals surface area contributed by atoms with Gasteiger partial charge in [-0.15, -0.1) is 0 Å². The van der Waals surface area contributed by atoms with Crippen molar-refractivity contribution >= 4 is 0 Å². The van der Waals surface area contributed by atoms with Gasteiger partial charge >= 0.3 is 0 Å². The van der Waals surface area contributed by atoms with Crippen LogP contribution in [0.25, 0.3) is 0 Å². The molecule has 1 heterocycles. The molecule has 1 N–H and O–H groups in total. The number of nitrogens with one attached hydrogen (secondary N) is 1. The van der Waals surface area contributed by atoms with Crippen LogP contribution in [-0.2, 0) is 0 Å². The van der Waals surface area contributed by atoms with E-state index in [0.29, 0.717) is 16.9 Å². The van der Waals surface area contributed by atoms with Crippen molar-refractivity contribution in [2.24, 2.45) is 16.7 Å². The van der Waals surface area contributed by atoms with E-state index >= 15 is 0 Å². The van der Waals surface area contributed by atoms with Crippen molar-refractivity contribution in [2.75, 3.05) is 26.2 Å². The van der Waals surface area contributed by atoms with Gasteiger partial charge in [-0.3, -0.25) is 0 Å². The summed E-state index contributed by atoms with van der Waals surface area (Å²) in [6.45, 7) is 16.9. The van der Waals surface area contributed by atoms with Crippen molar-refractivity contribution in [3.05, 3.63) is 0 Å². The van der Waals surface area contributed by atoms with Crippen LogP contribution in [-0.4, -0.2) is 37.1 Å². The van der Waals surface area contributed by atoms with Gasteiger partial charge in [0, 0.05) is 19.1 Å². The van der Waals surface area contributed by atoms with Crippen molar-refractivity contribution < 1.29 is 0 Å². The molecule has 2 nitrogen and oxygen atoms in total. The maximum atomic E-state index is 3.72. The first-order valence-corrected chi connectivity index (χ1v) is 7.25. The topological polar surface area (TPSA) is 15.3 Å². The molecule has 2 rings (SSSR count). The first kappa shape index (κ1) is 13.4. The normalized spacial score (nSPS) is 34.4. The molecule has 0 aromatic rings. The average molecular weight is 238 g/mol. The molecule has 0 aromatic carbocycles. The molecule has 0 radical (unpaired) electrons. The van der Waals surface area contributed by atoms with Crippen LogP contribution in [0.15, 0.2) is 0 Å². The summed E-state index contributed by atoms with van der Waals surface area (Å²) >= 11 is 0. The zero-order chi connectivity index (χ0) is 12.7. The molecule has 0 aromatic heterocycles. The van der Waals surface area contributed by atoms with Gasteiger partial charge in [-0.1, -0.05) is 34.6 Å². The molecular weight excluding hydrogens is 208 g/mol. The van der Waals surface area contributed by atoms with Gasteiger partial charge in [0.15, 0.2) is 0 Å². The summed E-state index contributed by atoms with van der Waals surface area (Å²) in [6.07, 6.45) is 2.73. The summed E-state index contributed by atoms with van der Waals surface area (Å²) in [4.78, 5) is 2.70. The van der Waals surface area contributed by atoms with Crippen LogP contribution in [0.1, 0.15) is 47.5 Å². The van der Waals surface area contributed by atoms with Gasteiger partial charge in [0.05, 0.1) is 0 Å². The molecule has 2 heteroatoms. The van der Waals surface area contributed by atoms with Gasteiger partial charge in [-0.25, -0.2) is 0 Å². The Bertz CT molecular complexity index is 265. The molecular formula is C15H30N2. The van der Waals surface area contributed by atoms with Crippen LogP contribution in [0.5, 0.6) is 0 Å². The Morgan fingerprint density at radius 3 is 2.47 bits per heavy atom. The van der Waals surface area contributed by atoms with E-state index in [2.05, 4.69) is 44.8 Å². The smallest absolute Gasteiger partial charge is 0.0243 e. The maximum Gasteiger partial charge on any atom is 0.0243 e. The lowest BCUT2D eigenvalue weighted by Gasteiger charge is -2.34. The van der Waals surface area contributed by atoms with Crippen molar-refractivity contribution in [3.63, 3.8) is 0 Å². The van der Waals surface area contributed by atoms with Gasteiger partial charge in [0.1, 0.15) is 0 Å². The van der Waals surface area contributed by atoms with Crippen LogP contribution in [0.4, 0.5) is 0 Å². The van der Waals surface area contributed by atoms with Crippen LogP contribution >= 0.6 is 0 Å². The minimum atomic E-state index is 0.377. The predicted octanol–water partition coefficient (Wildman–Crippen LogP) is 2.74. The van der Waals surface area contributed by atoms with Crippen LogP contribution < -0.4 is 5.32 Å². The minimum absolute atomic E-state index is 0.377. The summed E-state index contributed by atoms with van der Waals surface area (Å²) in [5.74, 6) is 0.946. The van der Waals surface area contributed by atoms with Crippen molar-refractivity contribution in [2.45, 2.75) is 53.5 Å². The first-order chi connectivity index (χ1) is 7.79. The summed E-state index contributed by atoms with van der Waals surface area (Å²) in [5.41, 5.74) is 0.999. The first-order valence-electron chi connectivity index (χ1n) is 7.25. The van der Waals surface area contributed by atoms with E-state index in [1.54, 1.807) is 0 Å². The molecule has 0 bridgehead atoms. The molecule has 100 valence electrons. The monoisotopic (exact) mass is 238 g/mol. The minimum Gasteiger partial charge on any atom is -0.312 e. The molecule has 0 spiro atoms. The zero-order valence-electron chi connectivity index (χ0n) is 12.3. The van der Waals surface area contributed by atoms with Gasteiger partial charge in [0.2, 0.25) is 0 Å². The van der Waals surface area contributed by atoms with E-state index in [1.807, 2.05) is 0 Å². The van der Waals surface area contributed by atoms with Crippen LogP contribution in [0.3, 0.4) is 0 Å². The molecule has 2 fully saturated rings. The molecule has 2 unspecified atom stereocenters. The number of hydrogen-bond donors (Lipinski definition) is 1. The Balaban J connectivity index is 1.89. The van der Waals surface area contributed by atoms with Crippen LogP contribution in [0.2, 0.25) is 0 Å². The lowest BCUT2D eigenvalue weighted by molar-refractivity contribution is 0.187. The van der Waals surface area contributed by atoms with E-state index in [9.17, 15) is 0 Å². The second-order valence-corrected chi connectivity index (χ2v) is 7.88. The Kier molecular flexibility index (Phi) is 3.57. The Morgan fingerprint density at radius 1 is 1.29 bits per heavy atom. The molecule has 2 atom stereocenters. The summed E-state index contributed by atoms with van der Waals surface area (Å²) < 4.78 is 0. The summed E-state index contributed by atoms with van der Waals surface area (Å²) in [6, 6.07) is 0.645. The SMILES string of the molecule is CC(C)(C)C1CN(CC2CC2(C)C)CCCN1. The Morgan fingerprint density at radius 2 is 1.94 bits per heavy atom. The third kappa shape index (κ3) is 3.45. The van der Waals surface area contributed by atoms with Crippen LogP contribution in [0, 0.1) is 16.7 Å². The standard InChI is InChI=1S/C15H30N2/c1-14(2,3)13-11-17(8-6-7-16-13)10-12-9-15(12,4)5/h12-13,16H,6-11H2,1-5H3. The third-order valence-corrected chi connectivity index (χ3v) is 4.72. The fourth-order valence-corrected chi connectivity index (χ4v) is 2.94. The summed E-state index contributed by atoms with van der Waals surface area (Å²) in [5, 5.41) is 3.72. The molecule has 1 aliphatic carbocycles. The molecule has 1 saturated carbocycles.